The molecule has 6 nitrogen and oxygen atoms in total. The molecule has 4 rings (SSSR count). The monoisotopic (exact) mass is 340 g/mol. The quantitative estimate of drug-likeness (QED) is 0.927. The zero-order valence-electron chi connectivity index (χ0n) is 13.9. The van der Waals surface area contributed by atoms with E-state index in [9.17, 15) is 9.90 Å². The predicted octanol–water partition coefficient (Wildman–Crippen LogP) is 2.08. The molecule has 2 heterocycles. The van der Waals surface area contributed by atoms with Gasteiger partial charge in [-0.2, -0.15) is 0 Å². The van der Waals surface area contributed by atoms with Gasteiger partial charge in [0.05, 0.1) is 0 Å². The van der Waals surface area contributed by atoms with E-state index in [0.29, 0.717) is 18.7 Å². The van der Waals surface area contributed by atoms with E-state index in [1.54, 1.807) is 24.3 Å². The van der Waals surface area contributed by atoms with Gasteiger partial charge in [0.15, 0.2) is 11.5 Å². The van der Waals surface area contributed by atoms with Crippen molar-refractivity contribution in [3.63, 3.8) is 0 Å². The van der Waals surface area contributed by atoms with Gasteiger partial charge in [0.2, 0.25) is 6.79 Å². The number of ether oxygens (including phenoxy) is 2. The highest BCUT2D eigenvalue weighted by molar-refractivity contribution is 5.94. The normalized spacial score (nSPS) is 16.9. The molecule has 0 radical (unpaired) electrons. The molecular formula is C19H20N2O4. The SMILES string of the molecule is O=C(c1ccc(O)cc1)N1CCN(Cc2ccc3c(c2)OCO3)CC1. The van der Waals surface area contributed by atoms with Crippen molar-refractivity contribution in [2.75, 3.05) is 33.0 Å². The molecule has 1 saturated heterocycles. The number of amides is 1. The van der Waals surface area contributed by atoms with Gasteiger partial charge in [0.1, 0.15) is 5.75 Å². The lowest BCUT2D eigenvalue weighted by Gasteiger charge is -2.34. The number of piperazine rings is 1. The minimum absolute atomic E-state index is 0.0164. The predicted molar refractivity (Wildman–Crippen MR) is 91.9 cm³/mol. The highest BCUT2D eigenvalue weighted by Gasteiger charge is 2.22. The van der Waals surface area contributed by atoms with Crippen molar-refractivity contribution in [2.24, 2.45) is 0 Å². The number of carbonyl (C=O) groups excluding carboxylic acids is 1. The van der Waals surface area contributed by atoms with Gasteiger partial charge in [0.25, 0.3) is 5.91 Å². The summed E-state index contributed by atoms with van der Waals surface area (Å²) < 4.78 is 10.8. The number of nitrogens with zero attached hydrogens (tertiary/aromatic N) is 2. The summed E-state index contributed by atoms with van der Waals surface area (Å²) in [6.45, 7) is 4.18. The number of hydrogen-bond acceptors (Lipinski definition) is 5. The van der Waals surface area contributed by atoms with E-state index in [-0.39, 0.29) is 18.4 Å². The number of benzene rings is 2. The second-order valence-corrected chi connectivity index (χ2v) is 6.30. The lowest BCUT2D eigenvalue weighted by Crippen LogP contribution is -2.48. The topological polar surface area (TPSA) is 62.2 Å². The van der Waals surface area contributed by atoms with Gasteiger partial charge in [-0.15, -0.1) is 0 Å². The maximum atomic E-state index is 12.5. The van der Waals surface area contributed by atoms with Gasteiger partial charge in [0, 0.05) is 38.3 Å². The third kappa shape index (κ3) is 3.39. The van der Waals surface area contributed by atoms with E-state index < -0.39 is 0 Å². The van der Waals surface area contributed by atoms with Crippen LogP contribution in [0.5, 0.6) is 17.2 Å². The molecule has 2 aromatic carbocycles. The Morgan fingerprint density at radius 1 is 0.960 bits per heavy atom. The zero-order chi connectivity index (χ0) is 17.2. The van der Waals surface area contributed by atoms with Crippen molar-refractivity contribution >= 4 is 5.91 Å². The van der Waals surface area contributed by atoms with Crippen molar-refractivity contribution < 1.29 is 19.4 Å². The minimum Gasteiger partial charge on any atom is -0.508 e. The van der Waals surface area contributed by atoms with E-state index in [4.69, 9.17) is 9.47 Å². The van der Waals surface area contributed by atoms with Gasteiger partial charge < -0.3 is 19.5 Å². The first-order valence-corrected chi connectivity index (χ1v) is 8.38. The molecule has 2 aliphatic heterocycles. The van der Waals surface area contributed by atoms with Gasteiger partial charge >= 0.3 is 0 Å². The van der Waals surface area contributed by atoms with Crippen molar-refractivity contribution in [1.82, 2.24) is 9.80 Å². The van der Waals surface area contributed by atoms with Crippen molar-refractivity contribution in [3.8, 4) is 17.2 Å². The highest BCUT2D eigenvalue weighted by Crippen LogP contribution is 2.32. The van der Waals surface area contributed by atoms with Crippen LogP contribution in [0.1, 0.15) is 15.9 Å². The summed E-state index contributed by atoms with van der Waals surface area (Å²) >= 11 is 0. The van der Waals surface area contributed by atoms with Crippen LogP contribution in [0.25, 0.3) is 0 Å². The summed E-state index contributed by atoms with van der Waals surface area (Å²) in [4.78, 5) is 16.7. The Balaban J connectivity index is 1.33. The first-order valence-electron chi connectivity index (χ1n) is 8.38. The van der Waals surface area contributed by atoms with Crippen LogP contribution in [0.2, 0.25) is 0 Å². The first kappa shape index (κ1) is 15.8. The summed E-state index contributed by atoms with van der Waals surface area (Å²) in [5.74, 6) is 1.79. The molecule has 0 saturated carbocycles. The Kier molecular flexibility index (Phi) is 4.19. The maximum absolute atomic E-state index is 12.5. The van der Waals surface area contributed by atoms with Crippen molar-refractivity contribution in [1.29, 1.82) is 0 Å². The molecule has 2 aliphatic rings. The van der Waals surface area contributed by atoms with Crippen LogP contribution in [0.4, 0.5) is 0 Å². The summed E-state index contributed by atoms with van der Waals surface area (Å²) in [5.41, 5.74) is 1.80. The van der Waals surface area contributed by atoms with Crippen molar-refractivity contribution in [3.05, 3.63) is 53.6 Å². The molecule has 1 N–H and O–H groups in total. The molecule has 0 aliphatic carbocycles. The highest BCUT2D eigenvalue weighted by atomic mass is 16.7. The molecule has 1 fully saturated rings. The molecule has 0 spiro atoms. The number of aromatic hydroxyl groups is 1. The largest absolute Gasteiger partial charge is 0.508 e. The van der Waals surface area contributed by atoms with Crippen LogP contribution in [0.3, 0.4) is 0 Å². The zero-order valence-corrected chi connectivity index (χ0v) is 13.9. The van der Waals surface area contributed by atoms with Gasteiger partial charge in [-0.3, -0.25) is 9.69 Å². The molecular weight excluding hydrogens is 320 g/mol. The van der Waals surface area contributed by atoms with Crippen LogP contribution in [-0.2, 0) is 6.54 Å². The summed E-state index contributed by atoms with van der Waals surface area (Å²) in [6.07, 6.45) is 0. The first-order chi connectivity index (χ1) is 12.2. The number of carbonyl (C=O) groups is 1. The Bertz CT molecular complexity index is 767. The van der Waals surface area contributed by atoms with Gasteiger partial charge in [-0.1, -0.05) is 6.07 Å². The van der Waals surface area contributed by atoms with Crippen LogP contribution in [0.15, 0.2) is 42.5 Å². The molecule has 0 bridgehead atoms. The standard InChI is InChI=1S/C19H20N2O4/c22-16-4-2-15(3-5-16)19(23)21-9-7-20(8-10-21)12-14-1-6-17-18(11-14)25-13-24-17/h1-6,11,22H,7-10,12-13H2. The van der Waals surface area contributed by atoms with Crippen LogP contribution >= 0.6 is 0 Å². The number of rotatable bonds is 3. The molecule has 130 valence electrons. The Hall–Kier alpha value is -2.73. The van der Waals surface area contributed by atoms with Gasteiger partial charge in [-0.05, 0) is 42.0 Å². The molecule has 6 heteroatoms. The van der Waals surface area contributed by atoms with Crippen molar-refractivity contribution in [2.45, 2.75) is 6.54 Å². The van der Waals surface area contributed by atoms with E-state index in [1.807, 2.05) is 17.0 Å². The Labute approximate surface area is 146 Å². The number of fused-ring (bicyclic) bond motifs is 1. The Morgan fingerprint density at radius 2 is 1.68 bits per heavy atom. The van der Waals surface area contributed by atoms with Gasteiger partial charge in [-0.25, -0.2) is 0 Å². The third-order valence-corrected chi connectivity index (χ3v) is 4.62. The maximum Gasteiger partial charge on any atom is 0.253 e. The molecule has 1 amide bonds. The number of phenolic OH excluding ortho intramolecular Hbond substituents is 1. The minimum atomic E-state index is 0.0164. The molecule has 0 atom stereocenters. The number of hydrogen-bond donors (Lipinski definition) is 1. The lowest BCUT2D eigenvalue weighted by molar-refractivity contribution is 0.0628. The van der Waals surface area contributed by atoms with Crippen LogP contribution in [0, 0.1) is 0 Å². The summed E-state index contributed by atoms with van der Waals surface area (Å²) in [6, 6.07) is 12.4. The smallest absolute Gasteiger partial charge is 0.253 e. The molecule has 2 aromatic rings. The molecule has 0 aromatic heterocycles. The fourth-order valence-electron chi connectivity index (χ4n) is 3.19. The van der Waals surface area contributed by atoms with E-state index in [2.05, 4.69) is 11.0 Å². The average molecular weight is 340 g/mol. The second kappa shape index (κ2) is 6.64. The average Bonchev–Trinajstić information content (AvgIpc) is 3.10. The lowest BCUT2D eigenvalue weighted by atomic mass is 10.1. The molecule has 25 heavy (non-hydrogen) atoms. The summed E-state index contributed by atoms with van der Waals surface area (Å²) in [7, 11) is 0. The van der Waals surface area contributed by atoms with E-state index >= 15 is 0 Å². The van der Waals surface area contributed by atoms with Crippen LogP contribution < -0.4 is 9.47 Å². The fourth-order valence-corrected chi connectivity index (χ4v) is 3.19. The molecule has 0 unspecified atom stereocenters. The fraction of sp³-hybridized carbons (Fsp3) is 0.316. The van der Waals surface area contributed by atoms with Crippen LogP contribution in [-0.4, -0.2) is 53.8 Å². The second-order valence-electron chi connectivity index (χ2n) is 6.30. The number of phenols is 1. The summed E-state index contributed by atoms with van der Waals surface area (Å²) in [5, 5.41) is 9.33. The van der Waals surface area contributed by atoms with E-state index in [1.165, 1.54) is 5.56 Å². The van der Waals surface area contributed by atoms with E-state index in [0.717, 1.165) is 31.1 Å². The third-order valence-electron chi connectivity index (χ3n) is 4.62. The Morgan fingerprint density at radius 3 is 2.44 bits per heavy atom.